The molecule has 0 aliphatic rings. The molecule has 0 saturated heterocycles. The molecule has 1 aromatic rings. The molecule has 112 valence electrons. The van der Waals surface area contributed by atoms with Crippen molar-refractivity contribution in [2.45, 2.75) is 46.5 Å². The minimum absolute atomic E-state index is 0.187. The zero-order chi connectivity index (χ0) is 15.0. The van der Waals surface area contributed by atoms with Crippen molar-refractivity contribution in [1.82, 2.24) is 0 Å². The number of anilines is 1. The molecule has 1 aromatic carbocycles. The lowest BCUT2D eigenvalue weighted by atomic mass is 9.86. The molecule has 0 spiro atoms. The Hall–Kier alpha value is -1.51. The quantitative estimate of drug-likeness (QED) is 0.528. The molecule has 0 aliphatic heterocycles. The van der Waals surface area contributed by atoms with Gasteiger partial charge in [-0.3, -0.25) is 5.41 Å². The fourth-order valence-corrected chi connectivity index (χ4v) is 2.20. The maximum Gasteiger partial charge on any atom is 0.0963 e. The van der Waals surface area contributed by atoms with Crippen LogP contribution in [0.1, 0.15) is 46.5 Å². The second-order valence-corrected chi connectivity index (χ2v) is 6.08. The summed E-state index contributed by atoms with van der Waals surface area (Å²) in [6, 6.07) is 10.6. The Morgan fingerprint density at radius 1 is 1.15 bits per heavy atom. The third kappa shape index (κ3) is 5.24. The molecule has 0 aromatic heterocycles. The number of unbranched alkanes of at least 4 members (excludes halogenated alkanes) is 1. The number of amidine groups is 1. The van der Waals surface area contributed by atoms with Crippen LogP contribution in [-0.2, 0) is 0 Å². The van der Waals surface area contributed by atoms with Gasteiger partial charge in [0.1, 0.15) is 0 Å². The first-order valence-corrected chi connectivity index (χ1v) is 7.62. The third-order valence-electron chi connectivity index (χ3n) is 3.86. The van der Waals surface area contributed by atoms with E-state index in [1.165, 1.54) is 18.5 Å². The largest absolute Gasteiger partial charge is 0.387 e. The Bertz CT molecular complexity index is 398. The van der Waals surface area contributed by atoms with Gasteiger partial charge in [0, 0.05) is 24.2 Å². The van der Waals surface area contributed by atoms with Gasteiger partial charge in [-0.2, -0.15) is 0 Å². The smallest absolute Gasteiger partial charge is 0.0963 e. The van der Waals surface area contributed by atoms with E-state index >= 15 is 0 Å². The van der Waals surface area contributed by atoms with Gasteiger partial charge in [-0.25, -0.2) is 0 Å². The molecule has 3 nitrogen and oxygen atoms in total. The SMILES string of the molecule is CCCCN(CCCC(C)(C)C(=N)N)c1ccccc1. The molecule has 0 bridgehead atoms. The summed E-state index contributed by atoms with van der Waals surface area (Å²) in [7, 11) is 0. The predicted molar refractivity (Wildman–Crippen MR) is 88.5 cm³/mol. The molecular weight excluding hydrogens is 246 g/mol. The van der Waals surface area contributed by atoms with Crippen LogP contribution in [0.25, 0.3) is 0 Å². The molecule has 0 unspecified atom stereocenters. The number of nitrogens with two attached hydrogens (primary N) is 1. The van der Waals surface area contributed by atoms with Crippen LogP contribution < -0.4 is 10.6 Å². The number of nitrogens with one attached hydrogen (secondary N) is 1. The van der Waals surface area contributed by atoms with E-state index in [1.807, 2.05) is 13.8 Å². The van der Waals surface area contributed by atoms with Gasteiger partial charge in [-0.1, -0.05) is 45.4 Å². The highest BCUT2D eigenvalue weighted by Gasteiger charge is 2.21. The van der Waals surface area contributed by atoms with Crippen LogP contribution in [0.3, 0.4) is 0 Å². The second-order valence-electron chi connectivity index (χ2n) is 6.08. The van der Waals surface area contributed by atoms with Crippen molar-refractivity contribution in [2.24, 2.45) is 11.1 Å². The monoisotopic (exact) mass is 275 g/mol. The van der Waals surface area contributed by atoms with E-state index in [0.29, 0.717) is 0 Å². The van der Waals surface area contributed by atoms with Crippen molar-refractivity contribution in [3.8, 4) is 0 Å². The van der Waals surface area contributed by atoms with Gasteiger partial charge in [0.05, 0.1) is 5.84 Å². The normalized spacial score (nSPS) is 11.3. The summed E-state index contributed by atoms with van der Waals surface area (Å²) in [5.41, 5.74) is 6.75. The maximum atomic E-state index is 7.62. The Balaban J connectivity index is 2.56. The average molecular weight is 275 g/mol. The Kier molecular flexibility index (Phi) is 6.56. The first-order chi connectivity index (χ1) is 9.47. The zero-order valence-electron chi connectivity index (χ0n) is 13.2. The number of benzene rings is 1. The van der Waals surface area contributed by atoms with Gasteiger partial charge < -0.3 is 10.6 Å². The number of rotatable bonds is 9. The summed E-state index contributed by atoms with van der Waals surface area (Å²) in [5, 5.41) is 7.62. The van der Waals surface area contributed by atoms with Crippen molar-refractivity contribution < 1.29 is 0 Å². The van der Waals surface area contributed by atoms with Crippen LogP contribution in [0.5, 0.6) is 0 Å². The fourth-order valence-electron chi connectivity index (χ4n) is 2.20. The van der Waals surface area contributed by atoms with Crippen molar-refractivity contribution >= 4 is 11.5 Å². The average Bonchev–Trinajstić information content (AvgIpc) is 2.43. The molecule has 0 atom stereocenters. The molecule has 0 saturated carbocycles. The lowest BCUT2D eigenvalue weighted by Gasteiger charge is -2.28. The van der Waals surface area contributed by atoms with E-state index in [2.05, 4.69) is 42.2 Å². The summed E-state index contributed by atoms with van der Waals surface area (Å²) in [5.74, 6) is 0.289. The summed E-state index contributed by atoms with van der Waals surface area (Å²) in [6.45, 7) is 8.45. The van der Waals surface area contributed by atoms with Crippen LogP contribution in [0.2, 0.25) is 0 Å². The highest BCUT2D eigenvalue weighted by Crippen LogP contribution is 2.23. The van der Waals surface area contributed by atoms with Gasteiger partial charge in [-0.05, 0) is 31.4 Å². The van der Waals surface area contributed by atoms with Gasteiger partial charge >= 0.3 is 0 Å². The third-order valence-corrected chi connectivity index (χ3v) is 3.86. The van der Waals surface area contributed by atoms with E-state index in [0.717, 1.165) is 25.9 Å². The van der Waals surface area contributed by atoms with Crippen molar-refractivity contribution in [1.29, 1.82) is 5.41 Å². The number of hydrogen-bond acceptors (Lipinski definition) is 2. The lowest BCUT2D eigenvalue weighted by Crippen LogP contribution is -2.32. The van der Waals surface area contributed by atoms with E-state index in [1.54, 1.807) is 0 Å². The number of para-hydroxylation sites is 1. The summed E-state index contributed by atoms with van der Waals surface area (Å²) < 4.78 is 0. The van der Waals surface area contributed by atoms with Crippen molar-refractivity contribution in [2.75, 3.05) is 18.0 Å². The molecule has 20 heavy (non-hydrogen) atoms. The van der Waals surface area contributed by atoms with E-state index < -0.39 is 0 Å². The summed E-state index contributed by atoms with van der Waals surface area (Å²) in [6.07, 6.45) is 4.44. The van der Waals surface area contributed by atoms with Crippen molar-refractivity contribution in [3.63, 3.8) is 0 Å². The molecule has 0 aliphatic carbocycles. The molecule has 0 amide bonds. The first kappa shape index (κ1) is 16.5. The van der Waals surface area contributed by atoms with Gasteiger partial charge in [0.15, 0.2) is 0 Å². The standard InChI is InChI=1S/C17H29N3/c1-4-5-13-20(15-10-7-6-8-11-15)14-9-12-17(2,3)16(18)19/h6-8,10-11H,4-5,9,12-14H2,1-3H3,(H3,18,19). The van der Waals surface area contributed by atoms with Crippen LogP contribution in [0.4, 0.5) is 5.69 Å². The lowest BCUT2D eigenvalue weighted by molar-refractivity contribution is 0.449. The molecule has 0 radical (unpaired) electrons. The van der Waals surface area contributed by atoms with Gasteiger partial charge in [0.2, 0.25) is 0 Å². The fraction of sp³-hybridized carbons (Fsp3) is 0.588. The molecule has 3 N–H and O–H groups in total. The van der Waals surface area contributed by atoms with Crippen LogP contribution in [-0.4, -0.2) is 18.9 Å². The topological polar surface area (TPSA) is 53.1 Å². The van der Waals surface area contributed by atoms with Gasteiger partial charge in [-0.15, -0.1) is 0 Å². The van der Waals surface area contributed by atoms with Gasteiger partial charge in [0.25, 0.3) is 0 Å². The second kappa shape index (κ2) is 7.93. The predicted octanol–water partition coefficient (Wildman–Crippen LogP) is 4.04. The first-order valence-electron chi connectivity index (χ1n) is 7.62. The maximum absolute atomic E-state index is 7.62. The van der Waals surface area contributed by atoms with Crippen LogP contribution in [0, 0.1) is 10.8 Å². The molecule has 0 fully saturated rings. The molecule has 1 rings (SSSR count). The number of nitrogens with zero attached hydrogens (tertiary/aromatic N) is 1. The van der Waals surface area contributed by atoms with E-state index in [4.69, 9.17) is 11.1 Å². The van der Waals surface area contributed by atoms with E-state index in [-0.39, 0.29) is 11.3 Å². The Morgan fingerprint density at radius 2 is 1.75 bits per heavy atom. The summed E-state index contributed by atoms with van der Waals surface area (Å²) in [4.78, 5) is 2.44. The molecular formula is C17H29N3. The zero-order valence-corrected chi connectivity index (χ0v) is 13.2. The highest BCUT2D eigenvalue weighted by molar-refractivity contribution is 5.82. The molecule has 0 heterocycles. The van der Waals surface area contributed by atoms with Crippen molar-refractivity contribution in [3.05, 3.63) is 30.3 Å². The minimum atomic E-state index is -0.187. The van der Waals surface area contributed by atoms with Crippen LogP contribution in [0.15, 0.2) is 30.3 Å². The van der Waals surface area contributed by atoms with E-state index in [9.17, 15) is 0 Å². The number of hydrogen-bond donors (Lipinski definition) is 2. The molecule has 3 heteroatoms. The minimum Gasteiger partial charge on any atom is -0.387 e. The van der Waals surface area contributed by atoms with Crippen LogP contribution >= 0.6 is 0 Å². The highest BCUT2D eigenvalue weighted by atomic mass is 15.1. The Morgan fingerprint density at radius 3 is 2.30 bits per heavy atom. The Labute approximate surface area is 123 Å². The summed E-state index contributed by atoms with van der Waals surface area (Å²) >= 11 is 0.